The number of hydrogen-bond donors (Lipinski definition) is 2. The average molecular weight is 958 g/mol. The largest absolute Gasteiger partial charge is 0.497 e. The Morgan fingerprint density at radius 2 is 1.13 bits per heavy atom. The molecule has 3 saturated carbocycles. The maximum atomic E-state index is 18.5. The summed E-state index contributed by atoms with van der Waals surface area (Å²) >= 11 is 13.4. The van der Waals surface area contributed by atoms with Gasteiger partial charge in [0.25, 0.3) is 5.91 Å². The fourth-order valence-electron chi connectivity index (χ4n) is 11.9. The van der Waals surface area contributed by atoms with E-state index in [-0.39, 0.29) is 39.8 Å². The molecule has 0 aliphatic heterocycles. The maximum absolute atomic E-state index is 18.5. The molecule has 0 saturated heterocycles. The predicted molar refractivity (Wildman–Crippen MR) is 265 cm³/mol. The van der Waals surface area contributed by atoms with Gasteiger partial charge in [0.1, 0.15) is 29.0 Å². The number of carbonyl (C=O) groups is 2. The molecule has 0 radical (unpaired) electrons. The van der Waals surface area contributed by atoms with Crippen LogP contribution in [-0.2, 0) is 20.7 Å². The van der Waals surface area contributed by atoms with Gasteiger partial charge in [-0.15, -0.1) is 0 Å². The smallest absolute Gasteiger partial charge is 0.254 e. The Labute approximate surface area is 405 Å². The molecule has 2 atom stereocenters. The SMILES string of the molecule is COc1ccc(F)c(C(C(=O)NC2CCCCC2)(n2c(-c3ccc(Cl)cc3)nc3ccccc32)C(C(=O)NC2CCCCC2)(C2CCCCC2)n2c(-c3cc(Cl)ccc3F)nc3ccccc32)c1. The van der Waals surface area contributed by atoms with Crippen LogP contribution in [0.2, 0.25) is 10.0 Å². The molecule has 5 aromatic carbocycles. The van der Waals surface area contributed by atoms with E-state index >= 15 is 18.4 Å². The van der Waals surface area contributed by atoms with E-state index in [1.807, 2.05) is 69.8 Å². The first kappa shape index (κ1) is 46.0. The molecule has 2 N–H and O–H groups in total. The molecule has 9 nitrogen and oxygen atoms in total. The molecule has 3 fully saturated rings. The first-order valence-electron chi connectivity index (χ1n) is 24.3. The van der Waals surface area contributed by atoms with E-state index in [2.05, 4.69) is 10.6 Å². The number of imidazole rings is 2. The van der Waals surface area contributed by atoms with Gasteiger partial charge in [0.05, 0.1) is 34.7 Å². The van der Waals surface area contributed by atoms with Gasteiger partial charge in [-0.25, -0.2) is 18.7 Å². The molecule has 352 valence electrons. The second kappa shape index (κ2) is 19.3. The molecule has 0 spiro atoms. The third-order valence-electron chi connectivity index (χ3n) is 14.9. The number of fused-ring (bicyclic) bond motifs is 2. The standard InChI is InChI=1S/C55H56Cl2F2N6O3/c1-68-41-30-32-45(59)43(34-41)55(53(67)61-40-19-9-4-10-20-40,64-48-23-13-11-21-46(48)62-50(64)35-25-27-37(56)28-26-35)54(36-15-5-2-6-16-36,52(66)60-39-17-7-3-8-18-39)65-49-24-14-12-22-47(49)63-51(65)42-33-38(57)29-31-44(42)58/h11-14,21-34,36,39-40H,2-10,15-20H2,1H3,(H,60,66)(H,61,67). The Morgan fingerprint density at radius 1 is 0.603 bits per heavy atom. The van der Waals surface area contributed by atoms with Crippen molar-refractivity contribution in [1.82, 2.24) is 29.7 Å². The molecule has 2 heterocycles. The lowest BCUT2D eigenvalue weighted by molar-refractivity contribution is -0.152. The number of methoxy groups -OCH3 is 1. The van der Waals surface area contributed by atoms with Crippen LogP contribution >= 0.6 is 23.2 Å². The van der Waals surface area contributed by atoms with E-state index in [9.17, 15) is 0 Å². The molecule has 68 heavy (non-hydrogen) atoms. The highest BCUT2D eigenvalue weighted by molar-refractivity contribution is 6.31. The molecule has 3 aliphatic rings. The summed E-state index contributed by atoms with van der Waals surface area (Å²) in [5.41, 5.74) is -2.23. The Bertz CT molecular complexity index is 2970. The van der Waals surface area contributed by atoms with E-state index in [1.165, 1.54) is 37.4 Å². The predicted octanol–water partition coefficient (Wildman–Crippen LogP) is 12.9. The molecule has 7 aromatic rings. The van der Waals surface area contributed by atoms with Crippen LogP contribution in [0.25, 0.3) is 44.8 Å². The Hall–Kier alpha value is -5.78. The van der Waals surface area contributed by atoms with Crippen LogP contribution in [0.15, 0.2) is 109 Å². The Kier molecular flexibility index (Phi) is 13.1. The van der Waals surface area contributed by atoms with Gasteiger partial charge >= 0.3 is 0 Å². The lowest BCUT2D eigenvalue weighted by Gasteiger charge is -2.55. The lowest BCUT2D eigenvalue weighted by Crippen LogP contribution is -2.74. The van der Waals surface area contributed by atoms with Gasteiger partial charge in [0.15, 0.2) is 11.1 Å². The van der Waals surface area contributed by atoms with Gasteiger partial charge in [0.2, 0.25) is 5.91 Å². The second-order valence-corrected chi connectivity index (χ2v) is 19.8. The van der Waals surface area contributed by atoms with Crippen LogP contribution in [-0.4, -0.2) is 50.1 Å². The second-order valence-electron chi connectivity index (χ2n) is 18.9. The van der Waals surface area contributed by atoms with E-state index < -0.39 is 40.4 Å². The summed E-state index contributed by atoms with van der Waals surface area (Å²) in [5, 5.41) is 7.85. The highest BCUT2D eigenvalue weighted by atomic mass is 35.5. The third kappa shape index (κ3) is 7.93. The minimum Gasteiger partial charge on any atom is -0.497 e. The molecule has 13 heteroatoms. The third-order valence-corrected chi connectivity index (χ3v) is 15.4. The summed E-state index contributed by atoms with van der Waals surface area (Å²) in [6, 6.07) is 30.1. The van der Waals surface area contributed by atoms with E-state index in [0.717, 1.165) is 44.9 Å². The fraction of sp³-hybridized carbons (Fsp3) is 0.382. The van der Waals surface area contributed by atoms with Crippen molar-refractivity contribution in [2.75, 3.05) is 7.11 Å². The van der Waals surface area contributed by atoms with Crippen LogP contribution in [0, 0.1) is 17.6 Å². The number of ether oxygens (including phenoxy) is 1. The number of amides is 2. The Balaban J connectivity index is 1.49. The van der Waals surface area contributed by atoms with Crippen molar-refractivity contribution < 1.29 is 23.1 Å². The molecular formula is C55H56Cl2F2N6O3. The van der Waals surface area contributed by atoms with Crippen LogP contribution in [0.1, 0.15) is 102 Å². The molecule has 3 aliphatic carbocycles. The van der Waals surface area contributed by atoms with Gasteiger partial charge in [-0.2, -0.15) is 0 Å². The molecule has 2 unspecified atom stereocenters. The highest BCUT2D eigenvalue weighted by Crippen LogP contribution is 2.57. The number of nitrogens with zero attached hydrogens (tertiary/aromatic N) is 4. The summed E-state index contributed by atoms with van der Waals surface area (Å²) in [5.74, 6) is -2.51. The summed E-state index contributed by atoms with van der Waals surface area (Å²) in [6.45, 7) is 0. The van der Waals surface area contributed by atoms with Gasteiger partial charge < -0.3 is 24.5 Å². The van der Waals surface area contributed by atoms with Crippen LogP contribution in [0.3, 0.4) is 0 Å². The Morgan fingerprint density at radius 3 is 1.75 bits per heavy atom. The van der Waals surface area contributed by atoms with Gasteiger partial charge in [-0.05, 0) is 129 Å². The summed E-state index contributed by atoms with van der Waals surface area (Å²) in [6.07, 6.45) is 11.7. The molecule has 10 rings (SSSR count). The summed E-state index contributed by atoms with van der Waals surface area (Å²) in [7, 11) is 1.50. The molecule has 2 aromatic heterocycles. The number of benzene rings is 5. The van der Waals surface area contributed by atoms with Crippen LogP contribution < -0.4 is 15.4 Å². The van der Waals surface area contributed by atoms with Gasteiger partial charge in [0, 0.05) is 33.3 Å². The average Bonchev–Trinajstić information content (AvgIpc) is 3.95. The van der Waals surface area contributed by atoms with E-state index in [4.69, 9.17) is 37.9 Å². The van der Waals surface area contributed by atoms with Crippen LogP contribution in [0.4, 0.5) is 8.78 Å². The minimum absolute atomic E-state index is 0.0282. The topological polar surface area (TPSA) is 103 Å². The highest BCUT2D eigenvalue weighted by Gasteiger charge is 2.70. The molecular weight excluding hydrogens is 902 g/mol. The monoisotopic (exact) mass is 956 g/mol. The van der Waals surface area contributed by atoms with Crippen LogP contribution in [0.5, 0.6) is 5.75 Å². The fourth-order valence-corrected chi connectivity index (χ4v) is 12.2. The van der Waals surface area contributed by atoms with Crippen molar-refractivity contribution in [2.45, 2.75) is 119 Å². The van der Waals surface area contributed by atoms with E-state index in [0.29, 0.717) is 89.8 Å². The minimum atomic E-state index is -2.43. The number of hydrogen-bond acceptors (Lipinski definition) is 5. The maximum Gasteiger partial charge on any atom is 0.254 e. The first-order chi connectivity index (χ1) is 33.1. The zero-order chi connectivity index (χ0) is 47.0. The van der Waals surface area contributed by atoms with Crippen molar-refractivity contribution >= 4 is 57.1 Å². The van der Waals surface area contributed by atoms with E-state index in [1.54, 1.807) is 18.2 Å². The summed E-state index contributed by atoms with van der Waals surface area (Å²) in [4.78, 5) is 45.5. The van der Waals surface area contributed by atoms with Crippen molar-refractivity contribution in [1.29, 1.82) is 0 Å². The number of nitrogens with one attached hydrogen (secondary N) is 2. The number of para-hydroxylation sites is 4. The van der Waals surface area contributed by atoms with Gasteiger partial charge in [-0.1, -0.05) is 105 Å². The number of carbonyl (C=O) groups excluding carboxylic acids is 2. The number of aromatic nitrogens is 4. The number of halogens is 4. The van der Waals surface area contributed by atoms with Crippen molar-refractivity contribution in [2.24, 2.45) is 5.92 Å². The summed E-state index contributed by atoms with van der Waals surface area (Å²) < 4.78 is 45.1. The molecule has 2 amide bonds. The van der Waals surface area contributed by atoms with Crippen molar-refractivity contribution in [3.05, 3.63) is 136 Å². The van der Waals surface area contributed by atoms with Gasteiger partial charge in [-0.3, -0.25) is 9.59 Å². The molecule has 0 bridgehead atoms. The quantitative estimate of drug-likeness (QED) is 0.127. The first-order valence-corrected chi connectivity index (χ1v) is 25.0. The van der Waals surface area contributed by atoms with Crippen molar-refractivity contribution in [3.8, 4) is 28.5 Å². The zero-order valence-corrected chi connectivity index (χ0v) is 39.8. The zero-order valence-electron chi connectivity index (χ0n) is 38.3. The number of rotatable bonds is 12. The lowest BCUT2D eigenvalue weighted by atomic mass is 9.59. The van der Waals surface area contributed by atoms with Crippen molar-refractivity contribution in [3.63, 3.8) is 0 Å². The normalized spacial score (nSPS) is 18.2.